The molecule has 0 radical (unpaired) electrons. The lowest BCUT2D eigenvalue weighted by atomic mass is 9.33. The number of esters is 2. The first-order valence-corrected chi connectivity index (χ1v) is 28.0. The number of fused-ring (bicyclic) bond motifs is 7. The molecule has 0 spiro atoms. The van der Waals surface area contributed by atoms with Crippen LogP contribution in [0.25, 0.3) is 0 Å². The molecular formula is C57H88O22. The van der Waals surface area contributed by atoms with Gasteiger partial charge in [-0.1, -0.05) is 72.3 Å². The van der Waals surface area contributed by atoms with Crippen molar-refractivity contribution in [2.75, 3.05) is 19.8 Å². The van der Waals surface area contributed by atoms with Crippen LogP contribution in [0, 0.1) is 50.2 Å². The minimum Gasteiger partial charge on any atom is -0.479 e. The lowest BCUT2D eigenvalue weighted by molar-refractivity contribution is -0.392. The number of carboxylic acids is 1. The van der Waals surface area contributed by atoms with Gasteiger partial charge in [0.1, 0.15) is 67.1 Å². The van der Waals surface area contributed by atoms with Gasteiger partial charge >= 0.3 is 17.9 Å². The van der Waals surface area contributed by atoms with Crippen LogP contribution in [0.15, 0.2) is 34.9 Å². The molecule has 4 saturated carbocycles. The number of allylic oxidation sites excluding steroid dienone is 4. The highest BCUT2D eigenvalue weighted by atomic mass is 16.8. The fourth-order valence-electron chi connectivity index (χ4n) is 16.1. The molecule has 79 heavy (non-hydrogen) atoms. The second-order valence-corrected chi connectivity index (χ2v) is 26.0. The standard InChI is InChI=1S/C57H88O22/c1-12-25(3)47(70)78-44-45(79-48(71)26(4)13-2)57(24-59)28(20-52(44,5)6)27-14-15-32-54(9)18-17-34(53(7,8)31(54)16-19-55(32,10)56(27,11)21-33(57)61)74-51-43(77-50-39(66)37(64)36(63)30(22-58)73-50)41(40(67)42(76-51)46(68)69)75-49-38(65)35(62)29(60)23-72-49/h12-14,28-45,49-51,58-67H,15-24H2,1-11H3,(H,68,69)/b25-12-,26-13-/t28?,29-,30?,31?,32?,33+,34-,35-,36-,37-,38?,39?,40+,41-,42?,43?,44-,45-,49-,50-,51+,54-,55+,56+,57-/m0/s1. The third-order valence-electron chi connectivity index (χ3n) is 21.2. The van der Waals surface area contributed by atoms with E-state index in [0.717, 1.165) is 5.57 Å². The zero-order valence-electron chi connectivity index (χ0n) is 47.3. The zero-order chi connectivity index (χ0) is 58.4. The molecule has 3 heterocycles. The fourth-order valence-corrected chi connectivity index (χ4v) is 16.1. The van der Waals surface area contributed by atoms with Crippen LogP contribution < -0.4 is 0 Å². The van der Waals surface area contributed by atoms with Crippen LogP contribution in [0.3, 0.4) is 0 Å². The third-order valence-corrected chi connectivity index (χ3v) is 21.2. The smallest absolute Gasteiger partial charge is 0.335 e. The van der Waals surface area contributed by atoms with Crippen LogP contribution in [-0.2, 0) is 52.3 Å². The van der Waals surface area contributed by atoms with Crippen molar-refractivity contribution < 1.29 is 108 Å². The molecule has 7 fully saturated rings. The highest BCUT2D eigenvalue weighted by Crippen LogP contribution is 2.76. The first-order chi connectivity index (χ1) is 36.9. The van der Waals surface area contributed by atoms with E-state index >= 15 is 0 Å². The predicted octanol–water partition coefficient (Wildman–Crippen LogP) is 1.29. The Balaban J connectivity index is 1.12. The molecule has 22 nitrogen and oxygen atoms in total. The Morgan fingerprint density at radius 2 is 1.29 bits per heavy atom. The summed E-state index contributed by atoms with van der Waals surface area (Å²) in [6.07, 6.45) is -20.6. The van der Waals surface area contributed by atoms with Crippen molar-refractivity contribution in [2.45, 2.75) is 232 Å². The molecule has 0 aromatic rings. The van der Waals surface area contributed by atoms with Crippen LogP contribution in [0.5, 0.6) is 0 Å². The average Bonchev–Trinajstić information content (AvgIpc) is 3.49. The van der Waals surface area contributed by atoms with Gasteiger partial charge in [0.2, 0.25) is 0 Å². The summed E-state index contributed by atoms with van der Waals surface area (Å²) < 4.78 is 49.1. The van der Waals surface area contributed by atoms with Gasteiger partial charge < -0.3 is 94.1 Å². The average molecular weight is 1130 g/mol. The Bertz CT molecular complexity index is 2350. The predicted molar refractivity (Wildman–Crippen MR) is 275 cm³/mol. The van der Waals surface area contributed by atoms with Crippen molar-refractivity contribution >= 4 is 17.9 Å². The molecule has 8 unspecified atom stereocenters. The molecule has 3 saturated heterocycles. The molecule has 8 rings (SSSR count). The summed E-state index contributed by atoms with van der Waals surface area (Å²) in [6.45, 7) is 19.6. The summed E-state index contributed by atoms with van der Waals surface area (Å²) in [5.41, 5.74) is -2.71. The largest absolute Gasteiger partial charge is 0.479 e. The monoisotopic (exact) mass is 1120 g/mol. The van der Waals surface area contributed by atoms with Crippen molar-refractivity contribution in [1.29, 1.82) is 0 Å². The molecule has 25 atom stereocenters. The van der Waals surface area contributed by atoms with Crippen LogP contribution in [0.2, 0.25) is 0 Å². The molecule has 5 aliphatic carbocycles. The van der Waals surface area contributed by atoms with E-state index in [1.165, 1.54) is 0 Å². The quantitative estimate of drug-likeness (QED) is 0.0536. The van der Waals surface area contributed by atoms with Gasteiger partial charge in [0, 0.05) is 16.6 Å². The fraction of sp³-hybridized carbons (Fsp3) is 0.842. The number of aliphatic carboxylic acids is 1. The molecule has 11 N–H and O–H groups in total. The summed E-state index contributed by atoms with van der Waals surface area (Å²) in [5, 5.41) is 121. The highest BCUT2D eigenvalue weighted by molar-refractivity contribution is 5.89. The first-order valence-electron chi connectivity index (χ1n) is 28.0. The Labute approximate surface area is 461 Å². The molecule has 0 amide bonds. The van der Waals surface area contributed by atoms with E-state index in [4.69, 9.17) is 37.9 Å². The number of hydrogen-bond donors (Lipinski definition) is 11. The van der Waals surface area contributed by atoms with E-state index in [2.05, 4.69) is 40.7 Å². The van der Waals surface area contributed by atoms with Gasteiger partial charge in [-0.2, -0.15) is 0 Å². The number of hydrogen-bond acceptors (Lipinski definition) is 21. The van der Waals surface area contributed by atoms with Gasteiger partial charge in [0.05, 0.1) is 37.4 Å². The topological polar surface area (TPSA) is 348 Å². The molecule has 8 aliphatic rings. The van der Waals surface area contributed by atoms with Crippen molar-refractivity contribution in [2.24, 2.45) is 50.2 Å². The minimum absolute atomic E-state index is 0.0231. The zero-order valence-corrected chi connectivity index (χ0v) is 47.3. The normalized spacial score (nSPS) is 48.7. The van der Waals surface area contributed by atoms with Gasteiger partial charge in [-0.3, -0.25) is 0 Å². The number of rotatable bonds is 13. The van der Waals surface area contributed by atoms with Gasteiger partial charge in [-0.15, -0.1) is 0 Å². The van der Waals surface area contributed by atoms with Crippen LogP contribution in [0.1, 0.15) is 121 Å². The molecule has 448 valence electrons. The van der Waals surface area contributed by atoms with E-state index in [-0.39, 0.29) is 23.7 Å². The van der Waals surface area contributed by atoms with Crippen molar-refractivity contribution in [3.8, 4) is 0 Å². The maximum absolute atomic E-state index is 13.8. The van der Waals surface area contributed by atoms with Crippen LogP contribution in [0.4, 0.5) is 0 Å². The van der Waals surface area contributed by atoms with E-state index in [1.54, 1.807) is 39.8 Å². The Hall–Kier alpha value is -3.01. The molecule has 22 heteroatoms. The van der Waals surface area contributed by atoms with Gasteiger partial charge in [0.15, 0.2) is 31.1 Å². The second-order valence-electron chi connectivity index (χ2n) is 26.0. The summed E-state index contributed by atoms with van der Waals surface area (Å²) in [7, 11) is 0. The molecular weight excluding hydrogens is 1040 g/mol. The third kappa shape index (κ3) is 10.1. The SMILES string of the molecule is C/C=C(/C)C(=O)O[C@H]1[C@H](OC(=O)/C(C)=C\C)[C@@]2(CO)C(CC1(C)C)C1=CCC3[C@@]4(C)CC[C@H](O[C@@H]5OC(C(=O)O)[C@H](O)[C@H](O[C@@H]6OC[C@H](O)[C@H](O)C6O)C5O[C@@H]5OC(CO)[C@H](O)[C@H](O)C5O)C(C)(C)C4CC[C@@]3(C)[C@]1(C)C[C@H]2O. The maximum atomic E-state index is 13.8. The number of ether oxygens (including phenoxy) is 8. The Kier molecular flexibility index (Phi) is 17.7. The number of carbonyl (C=O) groups excluding carboxylic acids is 2. The lowest BCUT2D eigenvalue weighted by Crippen LogP contribution is -2.72. The summed E-state index contributed by atoms with van der Waals surface area (Å²) in [5.74, 6) is -3.40. The van der Waals surface area contributed by atoms with Crippen LogP contribution >= 0.6 is 0 Å². The summed E-state index contributed by atoms with van der Waals surface area (Å²) in [6, 6.07) is 0. The number of aliphatic hydroxyl groups excluding tert-OH is 10. The summed E-state index contributed by atoms with van der Waals surface area (Å²) in [4.78, 5) is 40.3. The maximum Gasteiger partial charge on any atom is 0.335 e. The second kappa shape index (κ2) is 22.5. The number of carboxylic acid groups (broad SMARTS) is 1. The highest BCUT2D eigenvalue weighted by Gasteiger charge is 2.74. The Morgan fingerprint density at radius 3 is 1.89 bits per heavy atom. The van der Waals surface area contributed by atoms with Crippen molar-refractivity contribution in [1.82, 2.24) is 0 Å². The van der Waals surface area contributed by atoms with Crippen LogP contribution in [-0.4, -0.2) is 204 Å². The minimum atomic E-state index is -2.10. The molecule has 0 aromatic heterocycles. The van der Waals surface area contributed by atoms with Crippen molar-refractivity contribution in [3.63, 3.8) is 0 Å². The Morgan fingerprint density at radius 1 is 0.684 bits per heavy atom. The lowest BCUT2D eigenvalue weighted by Gasteiger charge is -2.72. The molecule has 3 aliphatic heterocycles. The van der Waals surface area contributed by atoms with E-state index in [0.29, 0.717) is 49.7 Å². The molecule has 0 aromatic carbocycles. The van der Waals surface area contributed by atoms with Gasteiger partial charge in [-0.25, -0.2) is 14.4 Å². The number of aliphatic hydroxyl groups is 10. The molecule has 0 bridgehead atoms. The van der Waals surface area contributed by atoms with Gasteiger partial charge in [-0.05, 0) is 112 Å². The van der Waals surface area contributed by atoms with Gasteiger partial charge in [0.25, 0.3) is 0 Å². The first kappa shape index (κ1) is 62.0. The van der Waals surface area contributed by atoms with E-state index in [1.807, 2.05) is 13.8 Å². The van der Waals surface area contributed by atoms with E-state index < -0.39 is 181 Å². The number of carbonyl (C=O) groups is 3. The van der Waals surface area contributed by atoms with E-state index in [9.17, 15) is 70.6 Å². The summed E-state index contributed by atoms with van der Waals surface area (Å²) >= 11 is 0. The van der Waals surface area contributed by atoms with Crippen molar-refractivity contribution in [3.05, 3.63) is 34.9 Å².